The number of rotatable bonds is 2. The summed E-state index contributed by atoms with van der Waals surface area (Å²) in [5.74, 6) is -0.550. The molecule has 2 rings (SSSR count). The molecule has 90 valence electrons. The van der Waals surface area contributed by atoms with E-state index in [1.54, 1.807) is 0 Å². The molecule has 2 heterocycles. The van der Waals surface area contributed by atoms with Crippen LogP contribution in [0.15, 0.2) is 0 Å². The molecule has 2 amide bonds. The van der Waals surface area contributed by atoms with Crippen molar-refractivity contribution in [2.24, 2.45) is 0 Å². The highest BCUT2D eigenvalue weighted by atomic mass is 35.5. The van der Waals surface area contributed by atoms with Crippen LogP contribution < -0.4 is 10.6 Å². The lowest BCUT2D eigenvalue weighted by atomic mass is 10.1. The summed E-state index contributed by atoms with van der Waals surface area (Å²) >= 11 is 11.3. The number of hydrogen-bond acceptors (Lipinski definition) is 6. The summed E-state index contributed by atoms with van der Waals surface area (Å²) in [6, 6.07) is -0.585. The Morgan fingerprint density at radius 1 is 1.29 bits per heavy atom. The van der Waals surface area contributed by atoms with Gasteiger partial charge in [-0.05, 0) is 18.0 Å². The first-order chi connectivity index (χ1) is 8.06. The van der Waals surface area contributed by atoms with E-state index in [2.05, 4.69) is 25.8 Å². The van der Waals surface area contributed by atoms with E-state index in [4.69, 9.17) is 23.2 Å². The fourth-order valence-corrected chi connectivity index (χ4v) is 1.64. The molecule has 9 heteroatoms. The maximum Gasteiger partial charge on any atom is 0.249 e. The molecule has 1 aliphatic rings. The van der Waals surface area contributed by atoms with Crippen molar-refractivity contribution in [2.45, 2.75) is 18.9 Å². The second kappa shape index (κ2) is 4.80. The van der Waals surface area contributed by atoms with Gasteiger partial charge in [-0.1, -0.05) is 11.6 Å². The van der Waals surface area contributed by atoms with Gasteiger partial charge in [-0.25, -0.2) is 0 Å². The minimum atomic E-state index is -0.585. The second-order valence-corrected chi connectivity index (χ2v) is 4.06. The standard InChI is InChI=1S/C8H7Cl2N5O2/c9-5-6(13-8(10)15-14-5)11-3-1-2-4(16)12-7(3)17/h3H,1-2H2,(H,11,13,15)(H,12,16,17). The highest BCUT2D eigenvalue weighted by Crippen LogP contribution is 2.19. The Morgan fingerprint density at radius 2 is 2.06 bits per heavy atom. The largest absolute Gasteiger partial charge is 0.356 e. The molecule has 1 atom stereocenters. The van der Waals surface area contributed by atoms with Gasteiger partial charge in [0.1, 0.15) is 6.04 Å². The zero-order chi connectivity index (χ0) is 12.4. The highest BCUT2D eigenvalue weighted by molar-refractivity contribution is 6.32. The lowest BCUT2D eigenvalue weighted by Gasteiger charge is -2.22. The second-order valence-electron chi connectivity index (χ2n) is 3.37. The molecule has 0 aliphatic carbocycles. The summed E-state index contributed by atoms with van der Waals surface area (Å²) in [5.41, 5.74) is 0. The van der Waals surface area contributed by atoms with Crippen LogP contribution in [0, 0.1) is 0 Å². The molecule has 0 spiro atoms. The average Bonchev–Trinajstić information content (AvgIpc) is 2.27. The minimum absolute atomic E-state index is 0.0131. The summed E-state index contributed by atoms with van der Waals surface area (Å²) in [5, 5.41) is 11.9. The lowest BCUT2D eigenvalue weighted by molar-refractivity contribution is -0.133. The van der Waals surface area contributed by atoms with Crippen molar-refractivity contribution in [1.82, 2.24) is 20.5 Å². The maximum atomic E-state index is 11.5. The van der Waals surface area contributed by atoms with E-state index in [0.29, 0.717) is 6.42 Å². The molecule has 7 nitrogen and oxygen atoms in total. The molecule has 0 saturated carbocycles. The van der Waals surface area contributed by atoms with Crippen LogP contribution in [0.25, 0.3) is 0 Å². The number of carbonyl (C=O) groups excluding carboxylic acids is 2. The molecule has 17 heavy (non-hydrogen) atoms. The third-order valence-corrected chi connectivity index (χ3v) is 2.58. The number of nitrogens with zero attached hydrogens (tertiary/aromatic N) is 3. The van der Waals surface area contributed by atoms with Crippen LogP contribution in [0.5, 0.6) is 0 Å². The fourth-order valence-electron chi connectivity index (χ4n) is 1.38. The Hall–Kier alpha value is -1.47. The maximum absolute atomic E-state index is 11.5. The molecular formula is C8H7Cl2N5O2. The number of aromatic nitrogens is 3. The van der Waals surface area contributed by atoms with Crippen molar-refractivity contribution in [1.29, 1.82) is 0 Å². The zero-order valence-corrected chi connectivity index (χ0v) is 9.92. The van der Waals surface area contributed by atoms with Crippen LogP contribution >= 0.6 is 23.2 Å². The van der Waals surface area contributed by atoms with Gasteiger partial charge in [0.15, 0.2) is 11.0 Å². The molecule has 1 aromatic heterocycles. The SMILES string of the molecule is O=C1CCC(Nc2nc(Cl)nnc2Cl)C(=O)N1. The van der Waals surface area contributed by atoms with Gasteiger partial charge in [-0.3, -0.25) is 14.9 Å². The number of imide groups is 1. The molecule has 0 aromatic carbocycles. The highest BCUT2D eigenvalue weighted by Gasteiger charge is 2.27. The predicted molar refractivity (Wildman–Crippen MR) is 59.6 cm³/mol. The molecule has 1 aromatic rings. The van der Waals surface area contributed by atoms with Crippen LogP contribution in [0.2, 0.25) is 10.4 Å². The third-order valence-electron chi connectivity index (χ3n) is 2.17. The van der Waals surface area contributed by atoms with E-state index in [9.17, 15) is 9.59 Å². The van der Waals surface area contributed by atoms with Crippen molar-refractivity contribution < 1.29 is 9.59 Å². The first-order valence-corrected chi connectivity index (χ1v) is 5.48. The van der Waals surface area contributed by atoms with Crippen molar-refractivity contribution in [2.75, 3.05) is 5.32 Å². The van der Waals surface area contributed by atoms with Gasteiger partial charge in [0.05, 0.1) is 0 Å². The van der Waals surface area contributed by atoms with Gasteiger partial charge < -0.3 is 5.32 Å². The van der Waals surface area contributed by atoms with Gasteiger partial charge in [0.25, 0.3) is 0 Å². The van der Waals surface area contributed by atoms with Gasteiger partial charge in [-0.15, -0.1) is 10.2 Å². The third kappa shape index (κ3) is 2.80. The number of hydrogen-bond donors (Lipinski definition) is 2. The minimum Gasteiger partial charge on any atom is -0.356 e. The Kier molecular flexibility index (Phi) is 3.39. The number of piperidine rings is 1. The Labute approximate surface area is 106 Å². The topological polar surface area (TPSA) is 96.9 Å². The van der Waals surface area contributed by atoms with Gasteiger partial charge >= 0.3 is 0 Å². The Bertz CT molecular complexity index is 481. The molecule has 1 saturated heterocycles. The van der Waals surface area contributed by atoms with Gasteiger partial charge in [0, 0.05) is 6.42 Å². The van der Waals surface area contributed by atoms with E-state index in [1.165, 1.54) is 0 Å². The van der Waals surface area contributed by atoms with Gasteiger partial charge in [0.2, 0.25) is 17.1 Å². The van der Waals surface area contributed by atoms with Crippen LogP contribution in [0.1, 0.15) is 12.8 Å². The number of carbonyl (C=O) groups is 2. The Balaban J connectivity index is 2.13. The van der Waals surface area contributed by atoms with Crippen LogP contribution in [0.4, 0.5) is 5.82 Å². The molecular weight excluding hydrogens is 269 g/mol. The van der Waals surface area contributed by atoms with Gasteiger partial charge in [-0.2, -0.15) is 4.98 Å². The monoisotopic (exact) mass is 275 g/mol. The molecule has 1 unspecified atom stereocenters. The number of halogens is 2. The van der Waals surface area contributed by atoms with E-state index in [0.717, 1.165) is 0 Å². The molecule has 1 aliphatic heterocycles. The molecule has 0 bridgehead atoms. The summed E-state index contributed by atoms with van der Waals surface area (Å²) in [7, 11) is 0. The summed E-state index contributed by atoms with van der Waals surface area (Å²) < 4.78 is 0. The van der Waals surface area contributed by atoms with Crippen molar-refractivity contribution in [3.63, 3.8) is 0 Å². The lowest BCUT2D eigenvalue weighted by Crippen LogP contribution is -2.47. The normalized spacial score (nSPS) is 20.0. The fraction of sp³-hybridized carbons (Fsp3) is 0.375. The molecule has 0 radical (unpaired) electrons. The first-order valence-electron chi connectivity index (χ1n) is 4.72. The predicted octanol–water partition coefficient (Wildman–Crippen LogP) is 0.395. The number of anilines is 1. The van der Waals surface area contributed by atoms with E-state index in [1.807, 2.05) is 0 Å². The van der Waals surface area contributed by atoms with Crippen LogP contribution in [-0.2, 0) is 9.59 Å². The summed E-state index contributed by atoms with van der Waals surface area (Å²) in [6.07, 6.45) is 0.621. The van der Waals surface area contributed by atoms with E-state index in [-0.39, 0.29) is 28.6 Å². The first kappa shape index (κ1) is 12.0. The summed E-state index contributed by atoms with van der Waals surface area (Å²) in [6.45, 7) is 0. The number of nitrogens with one attached hydrogen (secondary N) is 2. The van der Waals surface area contributed by atoms with Crippen molar-refractivity contribution in [3.05, 3.63) is 10.4 Å². The average molecular weight is 276 g/mol. The van der Waals surface area contributed by atoms with Crippen LogP contribution in [0.3, 0.4) is 0 Å². The molecule has 2 N–H and O–H groups in total. The number of amides is 2. The zero-order valence-electron chi connectivity index (χ0n) is 8.41. The van der Waals surface area contributed by atoms with E-state index < -0.39 is 11.9 Å². The van der Waals surface area contributed by atoms with Crippen molar-refractivity contribution in [3.8, 4) is 0 Å². The van der Waals surface area contributed by atoms with Crippen molar-refractivity contribution >= 4 is 40.8 Å². The smallest absolute Gasteiger partial charge is 0.249 e. The van der Waals surface area contributed by atoms with Crippen LogP contribution in [-0.4, -0.2) is 33.0 Å². The Morgan fingerprint density at radius 3 is 2.76 bits per heavy atom. The molecule has 1 fully saturated rings. The van der Waals surface area contributed by atoms with E-state index >= 15 is 0 Å². The quantitative estimate of drug-likeness (QED) is 0.759. The summed E-state index contributed by atoms with van der Waals surface area (Å²) in [4.78, 5) is 26.2.